The van der Waals surface area contributed by atoms with Crippen LogP contribution in [0.15, 0.2) is 67.8 Å². The van der Waals surface area contributed by atoms with Crippen molar-refractivity contribution in [3.05, 3.63) is 84.5 Å². The Morgan fingerprint density at radius 2 is 1.63 bits per heavy atom. The molecule has 8 nitrogen and oxygen atoms in total. The first-order valence-electron chi connectivity index (χ1n) is 11.1. The summed E-state index contributed by atoms with van der Waals surface area (Å²) in [7, 11) is 0. The number of hydrogen-bond acceptors (Lipinski definition) is 8. The molecule has 2 rings (SSSR count). The van der Waals surface area contributed by atoms with Gasteiger partial charge < -0.3 is 34.0 Å². The van der Waals surface area contributed by atoms with Crippen molar-refractivity contribution in [2.45, 2.75) is 38.3 Å². The third kappa shape index (κ3) is 8.68. The summed E-state index contributed by atoms with van der Waals surface area (Å²) < 4.78 is 20.6. The van der Waals surface area contributed by atoms with Crippen molar-refractivity contribution in [1.82, 2.24) is 0 Å². The minimum absolute atomic E-state index is 0.0165. The maximum Gasteiger partial charge on any atom is 0.330 e. The van der Waals surface area contributed by atoms with Crippen LogP contribution in [0, 0.1) is 0 Å². The number of aliphatic hydroxyl groups is 2. The van der Waals surface area contributed by atoms with E-state index in [9.17, 15) is 19.8 Å². The standard InChI is InChI=1S/C27H32O8/c1-5-25(30)34-18-23(29)17-33-24-13-11-22(12-14-24)27(3,4)21-9-7-20(8-10-21)19(2)35-26(31)32-16-6-15-28/h5,7-15,23,26,29,31H,1-2,6,16-18H2,3-4H3. The van der Waals surface area contributed by atoms with E-state index in [2.05, 4.69) is 27.0 Å². The van der Waals surface area contributed by atoms with E-state index in [1.165, 1.54) is 0 Å². The third-order valence-corrected chi connectivity index (χ3v) is 5.27. The zero-order valence-electron chi connectivity index (χ0n) is 20.0. The summed E-state index contributed by atoms with van der Waals surface area (Å²) in [5.74, 6) is 0.227. The number of carbonyl (C=O) groups excluding carboxylic acids is 2. The fraction of sp³-hybridized carbons (Fsp3) is 0.333. The second-order valence-electron chi connectivity index (χ2n) is 8.20. The van der Waals surface area contributed by atoms with Crippen molar-refractivity contribution < 1.29 is 38.7 Å². The predicted molar refractivity (Wildman–Crippen MR) is 130 cm³/mol. The fourth-order valence-electron chi connectivity index (χ4n) is 3.13. The second kappa shape index (κ2) is 13.4. The Labute approximate surface area is 205 Å². The Bertz CT molecular complexity index is 979. The van der Waals surface area contributed by atoms with Crippen LogP contribution >= 0.6 is 0 Å². The lowest BCUT2D eigenvalue weighted by Crippen LogP contribution is -2.24. The van der Waals surface area contributed by atoms with Crippen molar-refractivity contribution in [3.8, 4) is 5.75 Å². The molecular formula is C27H32O8. The van der Waals surface area contributed by atoms with Gasteiger partial charge in [-0.05, 0) is 23.3 Å². The van der Waals surface area contributed by atoms with Crippen molar-refractivity contribution in [3.63, 3.8) is 0 Å². The van der Waals surface area contributed by atoms with Gasteiger partial charge in [0.25, 0.3) is 0 Å². The maximum absolute atomic E-state index is 11.0. The average molecular weight is 485 g/mol. The number of aliphatic hydroxyl groups excluding tert-OH is 2. The quantitative estimate of drug-likeness (QED) is 0.0989. The summed E-state index contributed by atoms with van der Waals surface area (Å²) in [6, 6.07) is 15.1. The van der Waals surface area contributed by atoms with E-state index in [4.69, 9.17) is 18.9 Å². The molecule has 0 saturated carbocycles. The number of aldehydes is 1. The predicted octanol–water partition coefficient (Wildman–Crippen LogP) is 3.35. The molecule has 0 aliphatic heterocycles. The fourth-order valence-corrected chi connectivity index (χ4v) is 3.13. The van der Waals surface area contributed by atoms with Crippen molar-refractivity contribution >= 4 is 18.0 Å². The molecule has 0 bridgehead atoms. The van der Waals surface area contributed by atoms with E-state index in [0.29, 0.717) is 17.6 Å². The molecule has 2 aromatic rings. The summed E-state index contributed by atoms with van der Waals surface area (Å²) in [5, 5.41) is 19.6. The van der Waals surface area contributed by atoms with Gasteiger partial charge in [-0.25, -0.2) is 4.79 Å². The normalized spacial score (nSPS) is 12.8. The van der Waals surface area contributed by atoms with E-state index >= 15 is 0 Å². The number of rotatable bonds is 15. The zero-order valence-corrected chi connectivity index (χ0v) is 20.0. The molecule has 35 heavy (non-hydrogen) atoms. The van der Waals surface area contributed by atoms with E-state index in [-0.39, 0.29) is 37.4 Å². The molecular weight excluding hydrogens is 452 g/mol. The Kier molecular flexibility index (Phi) is 10.7. The lowest BCUT2D eigenvalue weighted by molar-refractivity contribution is -0.229. The van der Waals surface area contributed by atoms with E-state index in [1.807, 2.05) is 48.5 Å². The van der Waals surface area contributed by atoms with Crippen LogP contribution < -0.4 is 4.74 Å². The molecule has 0 aromatic heterocycles. The van der Waals surface area contributed by atoms with Crippen LogP contribution in [-0.4, -0.2) is 54.9 Å². The van der Waals surface area contributed by atoms with Crippen LogP contribution in [0.2, 0.25) is 0 Å². The molecule has 0 aliphatic carbocycles. The van der Waals surface area contributed by atoms with Gasteiger partial charge >= 0.3 is 12.4 Å². The van der Waals surface area contributed by atoms with E-state index in [0.717, 1.165) is 17.2 Å². The lowest BCUT2D eigenvalue weighted by Gasteiger charge is -2.27. The van der Waals surface area contributed by atoms with Gasteiger partial charge in [-0.15, -0.1) is 0 Å². The van der Waals surface area contributed by atoms with Crippen LogP contribution in [0.1, 0.15) is 37.0 Å². The van der Waals surface area contributed by atoms with Crippen LogP contribution in [0.3, 0.4) is 0 Å². The SMILES string of the molecule is C=CC(=O)OCC(O)COc1ccc(C(C)(C)c2ccc(C(=C)OC(O)OCCC=O)cc2)cc1. The Morgan fingerprint density at radius 1 is 1.03 bits per heavy atom. The topological polar surface area (TPSA) is 112 Å². The highest BCUT2D eigenvalue weighted by atomic mass is 16.8. The minimum Gasteiger partial charge on any atom is -0.491 e. The first-order valence-corrected chi connectivity index (χ1v) is 11.1. The van der Waals surface area contributed by atoms with Gasteiger partial charge in [0.05, 0.1) is 6.61 Å². The molecule has 8 heteroatoms. The van der Waals surface area contributed by atoms with Crippen molar-refractivity contribution in [2.24, 2.45) is 0 Å². The van der Waals surface area contributed by atoms with Gasteiger partial charge in [-0.2, -0.15) is 0 Å². The second-order valence-corrected chi connectivity index (χ2v) is 8.20. The average Bonchev–Trinajstić information content (AvgIpc) is 2.86. The third-order valence-electron chi connectivity index (χ3n) is 5.27. The zero-order chi connectivity index (χ0) is 25.8. The molecule has 0 radical (unpaired) electrons. The Balaban J connectivity index is 1.95. The molecule has 2 unspecified atom stereocenters. The van der Waals surface area contributed by atoms with Crippen molar-refractivity contribution in [2.75, 3.05) is 19.8 Å². The maximum atomic E-state index is 11.0. The summed E-state index contributed by atoms with van der Waals surface area (Å²) in [5.41, 5.74) is 2.45. The van der Waals surface area contributed by atoms with Gasteiger partial charge in [0.2, 0.25) is 0 Å². The van der Waals surface area contributed by atoms with Gasteiger partial charge in [-0.1, -0.05) is 63.4 Å². The molecule has 188 valence electrons. The van der Waals surface area contributed by atoms with E-state index < -0.39 is 18.5 Å². The number of benzene rings is 2. The molecule has 0 saturated heterocycles. The molecule has 2 atom stereocenters. The Hall–Kier alpha value is -3.46. The molecule has 0 spiro atoms. The molecule has 0 fully saturated rings. The summed E-state index contributed by atoms with van der Waals surface area (Å²) in [4.78, 5) is 21.4. The van der Waals surface area contributed by atoms with Gasteiger partial charge in [-0.3, -0.25) is 0 Å². The van der Waals surface area contributed by atoms with Gasteiger partial charge in [0.15, 0.2) is 0 Å². The molecule has 0 amide bonds. The molecule has 0 aliphatic rings. The summed E-state index contributed by atoms with van der Waals surface area (Å²) in [6.45, 7) is 9.66. The number of esters is 1. The molecule has 2 aromatic carbocycles. The van der Waals surface area contributed by atoms with Crippen LogP contribution in [0.25, 0.3) is 5.76 Å². The highest BCUT2D eigenvalue weighted by molar-refractivity contribution is 5.81. The first kappa shape index (κ1) is 27.8. The largest absolute Gasteiger partial charge is 0.491 e. The van der Waals surface area contributed by atoms with Crippen LogP contribution in [0.4, 0.5) is 0 Å². The number of hydrogen-bond donors (Lipinski definition) is 2. The molecule has 0 heterocycles. The molecule has 2 N–H and O–H groups in total. The number of carbonyl (C=O) groups is 2. The van der Waals surface area contributed by atoms with Crippen LogP contribution in [-0.2, 0) is 29.2 Å². The number of ether oxygens (including phenoxy) is 4. The van der Waals surface area contributed by atoms with Gasteiger partial charge in [0.1, 0.15) is 37.1 Å². The minimum atomic E-state index is -1.50. The first-order chi connectivity index (χ1) is 16.7. The summed E-state index contributed by atoms with van der Waals surface area (Å²) >= 11 is 0. The van der Waals surface area contributed by atoms with Gasteiger partial charge in [0, 0.05) is 23.5 Å². The van der Waals surface area contributed by atoms with Crippen LogP contribution in [0.5, 0.6) is 5.75 Å². The highest BCUT2D eigenvalue weighted by Crippen LogP contribution is 2.33. The smallest absolute Gasteiger partial charge is 0.330 e. The Morgan fingerprint density at radius 3 is 2.20 bits per heavy atom. The highest BCUT2D eigenvalue weighted by Gasteiger charge is 2.23. The van der Waals surface area contributed by atoms with Crippen molar-refractivity contribution in [1.29, 1.82) is 0 Å². The monoisotopic (exact) mass is 484 g/mol. The van der Waals surface area contributed by atoms with E-state index in [1.54, 1.807) is 0 Å². The summed E-state index contributed by atoms with van der Waals surface area (Å²) in [6.07, 6.45) is 0.944. The lowest BCUT2D eigenvalue weighted by atomic mass is 9.78.